The Hall–Kier alpha value is -4.39. The Bertz CT molecular complexity index is 941. The molecule has 7 N–H and O–H groups in total. The summed E-state index contributed by atoms with van der Waals surface area (Å²) in [4.78, 5) is 80.2. The quantitative estimate of drug-likeness (QED) is 0.0551. The van der Waals surface area contributed by atoms with Gasteiger partial charge in [0.1, 0.15) is 37.9 Å². The molecule has 0 heterocycles. The molecule has 0 rings (SSSR count). The molecule has 0 spiro atoms. The first-order chi connectivity index (χ1) is 20.7. The lowest BCUT2D eigenvalue weighted by Crippen LogP contribution is -2.48. The van der Waals surface area contributed by atoms with E-state index in [1.165, 1.54) is 0 Å². The monoisotopic (exact) mass is 637 g/mol. The van der Waals surface area contributed by atoms with Crippen molar-refractivity contribution < 1.29 is 67.5 Å². The fraction of sp³-hybridized carbons (Fsp3) is 0.720. The van der Waals surface area contributed by atoms with Crippen molar-refractivity contribution >= 4 is 42.0 Å². The lowest BCUT2D eigenvalue weighted by Gasteiger charge is -2.23. The third kappa shape index (κ3) is 25.3. The Balaban J connectivity index is 4.34. The van der Waals surface area contributed by atoms with Gasteiger partial charge >= 0.3 is 30.2 Å². The number of nitrogens with one attached hydrogen (secondary N) is 5. The van der Waals surface area contributed by atoms with E-state index >= 15 is 0 Å². The van der Waals surface area contributed by atoms with Crippen molar-refractivity contribution in [3.8, 4) is 0 Å². The van der Waals surface area contributed by atoms with Crippen LogP contribution in [0.25, 0.3) is 0 Å². The number of amides is 5. The Morgan fingerprint density at radius 3 is 1.64 bits per heavy atom. The molecule has 0 fully saturated rings. The largest absolute Gasteiger partial charge is 0.480 e. The summed E-state index contributed by atoms with van der Waals surface area (Å²) in [5, 5.41) is 28.7. The fourth-order valence-corrected chi connectivity index (χ4v) is 2.89. The van der Waals surface area contributed by atoms with Crippen molar-refractivity contribution in [1.29, 1.82) is 0 Å². The molecular formula is C25H43N5O14. The number of carboxylic acid groups (broad SMARTS) is 2. The Morgan fingerprint density at radius 1 is 0.659 bits per heavy atom. The molecule has 19 heteroatoms. The van der Waals surface area contributed by atoms with E-state index in [0.29, 0.717) is 0 Å². The van der Waals surface area contributed by atoms with E-state index in [2.05, 4.69) is 16.0 Å². The average Bonchev–Trinajstić information content (AvgIpc) is 2.92. The molecule has 0 unspecified atom stereocenters. The lowest BCUT2D eigenvalue weighted by molar-refractivity contribution is -0.136. The standard InChI is InChI=1S/C25H43N5O14/c1-25(2,3)44-24(39)30-17(21(36)27-8-10-41-12-14-43-23(38)29-16-20(34)35)5-4-6-18(31)26-7-9-40-11-13-42-22(37)28-15-19(32)33/h17H,4-16H2,1-3H3,(H,26,31)(H,27,36)(H,28,37)(H,29,38)(H,30,39)(H,32,33)(H,34,35)/t17-/m0/s1. The molecule has 0 radical (unpaired) electrons. The number of alkyl carbamates (subject to hydrolysis) is 3. The zero-order valence-electron chi connectivity index (χ0n) is 25.1. The number of rotatable bonds is 22. The van der Waals surface area contributed by atoms with Crippen molar-refractivity contribution in [3.63, 3.8) is 0 Å². The molecule has 0 aromatic rings. The lowest BCUT2D eigenvalue weighted by atomic mass is 10.1. The molecule has 0 saturated carbocycles. The highest BCUT2D eigenvalue weighted by molar-refractivity contribution is 5.85. The van der Waals surface area contributed by atoms with Crippen LogP contribution in [-0.4, -0.2) is 130 Å². The maximum Gasteiger partial charge on any atom is 0.408 e. The second-order valence-corrected chi connectivity index (χ2v) is 9.72. The predicted octanol–water partition coefficient (Wildman–Crippen LogP) is -1.06. The average molecular weight is 638 g/mol. The van der Waals surface area contributed by atoms with Crippen LogP contribution >= 0.6 is 0 Å². The van der Waals surface area contributed by atoms with Crippen LogP contribution < -0.4 is 26.6 Å². The van der Waals surface area contributed by atoms with Gasteiger partial charge in [0.2, 0.25) is 11.8 Å². The molecule has 0 saturated heterocycles. The summed E-state index contributed by atoms with van der Waals surface area (Å²) in [6, 6.07) is -1.00. The molecular weight excluding hydrogens is 594 g/mol. The first-order valence-electron chi connectivity index (χ1n) is 13.6. The maximum atomic E-state index is 12.7. The highest BCUT2D eigenvalue weighted by atomic mass is 16.6. The molecule has 44 heavy (non-hydrogen) atoms. The fourth-order valence-electron chi connectivity index (χ4n) is 2.89. The van der Waals surface area contributed by atoms with Crippen LogP contribution in [0.5, 0.6) is 0 Å². The summed E-state index contributed by atoms with van der Waals surface area (Å²) in [7, 11) is 0. The van der Waals surface area contributed by atoms with Gasteiger partial charge in [-0.25, -0.2) is 14.4 Å². The highest BCUT2D eigenvalue weighted by Gasteiger charge is 2.24. The van der Waals surface area contributed by atoms with Crippen molar-refractivity contribution in [2.45, 2.75) is 51.7 Å². The second kappa shape index (κ2) is 23.1. The summed E-state index contributed by atoms with van der Waals surface area (Å²) < 4.78 is 25.1. The number of hydrogen-bond donors (Lipinski definition) is 7. The van der Waals surface area contributed by atoms with Gasteiger partial charge in [0.05, 0.1) is 26.4 Å². The summed E-state index contributed by atoms with van der Waals surface area (Å²) >= 11 is 0. The Morgan fingerprint density at radius 2 is 1.16 bits per heavy atom. The van der Waals surface area contributed by atoms with Crippen LogP contribution in [0, 0.1) is 0 Å². The van der Waals surface area contributed by atoms with Gasteiger partial charge in [-0.2, -0.15) is 0 Å². The molecule has 1 atom stereocenters. The Labute approximate surface area is 254 Å². The number of carbonyl (C=O) groups excluding carboxylic acids is 5. The molecule has 0 aliphatic rings. The molecule has 0 aromatic heterocycles. The van der Waals surface area contributed by atoms with Crippen LogP contribution in [0.4, 0.5) is 14.4 Å². The molecule has 19 nitrogen and oxygen atoms in total. The van der Waals surface area contributed by atoms with Crippen LogP contribution in [0.15, 0.2) is 0 Å². The maximum absolute atomic E-state index is 12.7. The first-order valence-corrected chi connectivity index (χ1v) is 13.6. The number of aliphatic carboxylic acids is 2. The zero-order chi connectivity index (χ0) is 33.4. The molecule has 0 aromatic carbocycles. The minimum atomic E-state index is -1.22. The third-order valence-corrected chi connectivity index (χ3v) is 4.71. The predicted molar refractivity (Wildman–Crippen MR) is 149 cm³/mol. The first kappa shape index (κ1) is 39.6. The van der Waals surface area contributed by atoms with E-state index in [1.807, 2.05) is 10.6 Å². The molecule has 0 bridgehead atoms. The van der Waals surface area contributed by atoms with Gasteiger partial charge in [0.25, 0.3) is 0 Å². The summed E-state index contributed by atoms with van der Waals surface area (Å²) in [5.74, 6) is -3.28. The third-order valence-electron chi connectivity index (χ3n) is 4.71. The SMILES string of the molecule is CC(C)(C)OC(=O)N[C@@H](CCCC(=O)NCCOCCOC(=O)NCC(=O)O)C(=O)NCCOCCOC(=O)NCC(=O)O. The van der Waals surface area contributed by atoms with Gasteiger partial charge in [-0.1, -0.05) is 0 Å². The summed E-state index contributed by atoms with van der Waals surface area (Å²) in [5.41, 5.74) is -0.799. The minimum Gasteiger partial charge on any atom is -0.480 e. The normalized spacial score (nSPS) is 11.3. The smallest absolute Gasteiger partial charge is 0.408 e. The van der Waals surface area contributed by atoms with Crippen LogP contribution in [-0.2, 0) is 42.9 Å². The van der Waals surface area contributed by atoms with Crippen molar-refractivity contribution in [1.82, 2.24) is 26.6 Å². The second-order valence-electron chi connectivity index (χ2n) is 9.72. The summed E-state index contributed by atoms with van der Waals surface area (Å²) in [6.07, 6.45) is -2.19. The Kier molecular flexibility index (Phi) is 20.8. The zero-order valence-corrected chi connectivity index (χ0v) is 25.1. The van der Waals surface area contributed by atoms with E-state index in [0.717, 1.165) is 0 Å². The van der Waals surface area contributed by atoms with Gasteiger partial charge in [0, 0.05) is 19.5 Å². The van der Waals surface area contributed by atoms with E-state index < -0.39 is 60.9 Å². The van der Waals surface area contributed by atoms with Gasteiger partial charge in [-0.05, 0) is 33.6 Å². The van der Waals surface area contributed by atoms with Crippen molar-refractivity contribution in [3.05, 3.63) is 0 Å². The topological polar surface area (TPSA) is 266 Å². The minimum absolute atomic E-state index is 0.00433. The van der Waals surface area contributed by atoms with Crippen LogP contribution in [0.3, 0.4) is 0 Å². The summed E-state index contributed by atoms with van der Waals surface area (Å²) in [6.45, 7) is 4.05. The van der Waals surface area contributed by atoms with Gasteiger partial charge in [0.15, 0.2) is 0 Å². The number of hydrogen-bond acceptors (Lipinski definition) is 12. The van der Waals surface area contributed by atoms with Gasteiger partial charge < -0.3 is 60.5 Å². The number of ether oxygens (including phenoxy) is 5. The van der Waals surface area contributed by atoms with Gasteiger partial charge in [-0.3, -0.25) is 19.2 Å². The van der Waals surface area contributed by atoms with E-state index in [9.17, 15) is 33.6 Å². The molecule has 0 aliphatic heterocycles. The van der Waals surface area contributed by atoms with E-state index in [4.69, 9.17) is 33.9 Å². The molecule has 0 aliphatic carbocycles. The highest BCUT2D eigenvalue weighted by Crippen LogP contribution is 2.08. The van der Waals surface area contributed by atoms with Crippen LogP contribution in [0.2, 0.25) is 0 Å². The van der Waals surface area contributed by atoms with E-state index in [1.54, 1.807) is 20.8 Å². The molecule has 5 amide bonds. The number of carbonyl (C=O) groups is 7. The van der Waals surface area contributed by atoms with E-state index in [-0.39, 0.29) is 77.9 Å². The molecule has 252 valence electrons. The van der Waals surface area contributed by atoms with Crippen LogP contribution in [0.1, 0.15) is 40.0 Å². The number of carboxylic acids is 2. The van der Waals surface area contributed by atoms with Crippen molar-refractivity contribution in [2.75, 3.05) is 65.8 Å². The van der Waals surface area contributed by atoms with Gasteiger partial charge in [-0.15, -0.1) is 0 Å². The van der Waals surface area contributed by atoms with Crippen molar-refractivity contribution in [2.24, 2.45) is 0 Å².